The van der Waals surface area contributed by atoms with Crippen molar-refractivity contribution in [2.45, 2.75) is 30.0 Å². The average Bonchev–Trinajstić information content (AvgIpc) is 2.76. The molecule has 2 heterocycles. The summed E-state index contributed by atoms with van der Waals surface area (Å²) in [5.41, 5.74) is 2.10. The maximum Gasteiger partial charge on any atom is 0.252 e. The van der Waals surface area contributed by atoms with Crippen molar-refractivity contribution in [3.05, 3.63) is 59.1 Å². The first kappa shape index (κ1) is 21.2. The second-order valence-corrected chi connectivity index (χ2v) is 9.74. The van der Waals surface area contributed by atoms with Gasteiger partial charge in [-0.1, -0.05) is 47.6 Å². The van der Waals surface area contributed by atoms with Crippen LogP contribution in [0, 0.1) is 0 Å². The molecule has 2 amide bonds. The van der Waals surface area contributed by atoms with E-state index in [1.54, 1.807) is 11.8 Å². The summed E-state index contributed by atoms with van der Waals surface area (Å²) >= 11 is 7.35. The van der Waals surface area contributed by atoms with Crippen molar-refractivity contribution >= 4 is 40.9 Å². The molecule has 2 aromatic rings. The third-order valence-electron chi connectivity index (χ3n) is 5.83. The topological polar surface area (TPSA) is 43.9 Å². The average molecular weight is 444 g/mol. The molecule has 1 atom stereocenters. The summed E-state index contributed by atoms with van der Waals surface area (Å²) in [4.78, 5) is 33.7. The monoisotopic (exact) mass is 443 g/mol. The molecule has 0 spiro atoms. The van der Waals surface area contributed by atoms with Crippen LogP contribution >= 0.6 is 23.4 Å². The number of piperazine rings is 1. The Bertz CT molecular complexity index is 944. The van der Waals surface area contributed by atoms with Crippen molar-refractivity contribution in [3.63, 3.8) is 0 Å². The molecule has 2 aliphatic rings. The second kappa shape index (κ2) is 8.61. The first-order valence-corrected chi connectivity index (χ1v) is 11.5. The normalized spacial score (nSPS) is 22.2. The molecule has 158 valence electrons. The molecule has 0 aromatic heterocycles. The highest BCUT2D eigenvalue weighted by Crippen LogP contribution is 2.46. The van der Waals surface area contributed by atoms with E-state index in [0.717, 1.165) is 35.2 Å². The van der Waals surface area contributed by atoms with Crippen LogP contribution in [0.4, 0.5) is 5.69 Å². The van der Waals surface area contributed by atoms with Crippen LogP contribution in [0.5, 0.6) is 0 Å². The minimum absolute atomic E-state index is 0.0865. The van der Waals surface area contributed by atoms with E-state index < -0.39 is 4.75 Å². The molecule has 4 rings (SSSR count). The van der Waals surface area contributed by atoms with Crippen molar-refractivity contribution in [2.75, 3.05) is 37.6 Å². The molecule has 0 N–H and O–H groups in total. The standard InChI is InChI=1S/C23H26ClN3O2S/c1-3-27-19-6-4-5-7-20(19)30-23(2,22(27)29)21(28)26-14-12-25(13-15-26)16-17-8-10-18(24)11-9-17/h4-11H,3,12-16H2,1-2H3. The number of para-hydroxylation sites is 1. The highest BCUT2D eigenvalue weighted by atomic mass is 35.5. The van der Waals surface area contributed by atoms with Gasteiger partial charge in [0, 0.05) is 49.2 Å². The van der Waals surface area contributed by atoms with Crippen molar-refractivity contribution in [3.8, 4) is 0 Å². The van der Waals surface area contributed by atoms with Crippen molar-refractivity contribution in [2.24, 2.45) is 0 Å². The molecule has 0 aliphatic carbocycles. The van der Waals surface area contributed by atoms with Gasteiger partial charge in [0.1, 0.15) is 0 Å². The predicted molar refractivity (Wildman–Crippen MR) is 122 cm³/mol. The summed E-state index contributed by atoms with van der Waals surface area (Å²) in [6.45, 7) is 7.95. The molecule has 1 fully saturated rings. The number of rotatable bonds is 4. The Morgan fingerprint density at radius 2 is 1.73 bits per heavy atom. The summed E-state index contributed by atoms with van der Waals surface area (Å²) < 4.78 is -1.12. The van der Waals surface area contributed by atoms with Crippen LogP contribution in [0.3, 0.4) is 0 Å². The van der Waals surface area contributed by atoms with Crippen LogP contribution in [0.1, 0.15) is 19.4 Å². The number of carbonyl (C=O) groups excluding carboxylic acids is 2. The van der Waals surface area contributed by atoms with Gasteiger partial charge in [-0.3, -0.25) is 14.5 Å². The maximum atomic E-state index is 13.5. The zero-order valence-corrected chi connectivity index (χ0v) is 18.9. The highest BCUT2D eigenvalue weighted by Gasteiger charge is 2.50. The van der Waals surface area contributed by atoms with E-state index in [-0.39, 0.29) is 11.8 Å². The van der Waals surface area contributed by atoms with Crippen LogP contribution in [0.2, 0.25) is 5.02 Å². The van der Waals surface area contributed by atoms with Crippen LogP contribution < -0.4 is 4.90 Å². The maximum absolute atomic E-state index is 13.5. The molecule has 5 nitrogen and oxygen atoms in total. The molecular formula is C23H26ClN3O2S. The number of thioether (sulfide) groups is 1. The van der Waals surface area contributed by atoms with Gasteiger partial charge in [-0.25, -0.2) is 0 Å². The Morgan fingerprint density at radius 1 is 1.07 bits per heavy atom. The largest absolute Gasteiger partial charge is 0.338 e. The fraction of sp³-hybridized carbons (Fsp3) is 0.391. The van der Waals surface area contributed by atoms with Gasteiger partial charge in [-0.05, 0) is 43.7 Å². The highest BCUT2D eigenvalue weighted by molar-refractivity contribution is 8.02. The Labute approximate surface area is 187 Å². The van der Waals surface area contributed by atoms with Crippen LogP contribution in [-0.4, -0.2) is 59.1 Å². The molecule has 0 radical (unpaired) electrons. The number of halogens is 1. The molecule has 0 bridgehead atoms. The number of carbonyl (C=O) groups is 2. The minimum Gasteiger partial charge on any atom is -0.338 e. The van der Waals surface area contributed by atoms with E-state index >= 15 is 0 Å². The lowest BCUT2D eigenvalue weighted by Gasteiger charge is -2.43. The zero-order valence-electron chi connectivity index (χ0n) is 17.3. The SMILES string of the molecule is CCN1C(=O)C(C)(C(=O)N2CCN(Cc3ccc(Cl)cc3)CC2)Sc2ccccc21. The van der Waals surface area contributed by atoms with Crippen molar-refractivity contribution in [1.82, 2.24) is 9.80 Å². The number of benzene rings is 2. The van der Waals surface area contributed by atoms with E-state index in [0.29, 0.717) is 19.6 Å². The van der Waals surface area contributed by atoms with E-state index in [1.807, 2.05) is 60.4 Å². The van der Waals surface area contributed by atoms with Gasteiger partial charge in [0.25, 0.3) is 5.91 Å². The Balaban J connectivity index is 1.44. The molecule has 7 heteroatoms. The number of hydrogen-bond acceptors (Lipinski definition) is 4. The second-order valence-electron chi connectivity index (χ2n) is 7.85. The van der Waals surface area contributed by atoms with Gasteiger partial charge >= 0.3 is 0 Å². The molecular weight excluding hydrogens is 418 g/mol. The molecule has 2 aliphatic heterocycles. The Morgan fingerprint density at radius 3 is 2.40 bits per heavy atom. The van der Waals surface area contributed by atoms with Crippen LogP contribution in [0.15, 0.2) is 53.4 Å². The van der Waals surface area contributed by atoms with Gasteiger partial charge in [0.2, 0.25) is 5.91 Å². The number of fused-ring (bicyclic) bond motifs is 1. The quantitative estimate of drug-likeness (QED) is 0.672. The number of amides is 2. The predicted octanol–water partition coefficient (Wildman–Crippen LogP) is 3.90. The molecule has 1 saturated heterocycles. The van der Waals surface area contributed by atoms with E-state index in [9.17, 15) is 9.59 Å². The lowest BCUT2D eigenvalue weighted by molar-refractivity contribution is -0.139. The molecule has 1 unspecified atom stereocenters. The van der Waals surface area contributed by atoms with E-state index in [2.05, 4.69) is 4.90 Å². The fourth-order valence-corrected chi connectivity index (χ4v) is 5.51. The summed E-state index contributed by atoms with van der Waals surface area (Å²) in [6.07, 6.45) is 0. The lowest BCUT2D eigenvalue weighted by Crippen LogP contribution is -2.60. The Hall–Kier alpha value is -2.02. The smallest absolute Gasteiger partial charge is 0.252 e. The van der Waals surface area contributed by atoms with E-state index in [1.165, 1.54) is 17.3 Å². The van der Waals surface area contributed by atoms with E-state index in [4.69, 9.17) is 11.6 Å². The molecule has 30 heavy (non-hydrogen) atoms. The van der Waals surface area contributed by atoms with Crippen LogP contribution in [0.25, 0.3) is 0 Å². The summed E-state index contributed by atoms with van der Waals surface area (Å²) in [6, 6.07) is 15.7. The lowest BCUT2D eigenvalue weighted by atomic mass is 10.1. The van der Waals surface area contributed by atoms with Gasteiger partial charge in [-0.2, -0.15) is 0 Å². The summed E-state index contributed by atoms with van der Waals surface area (Å²) in [5, 5.41) is 0.736. The third-order valence-corrected chi connectivity index (χ3v) is 7.40. The number of anilines is 1. The van der Waals surface area contributed by atoms with Gasteiger partial charge in [0.15, 0.2) is 4.75 Å². The van der Waals surface area contributed by atoms with Crippen molar-refractivity contribution in [1.29, 1.82) is 0 Å². The van der Waals surface area contributed by atoms with Crippen molar-refractivity contribution < 1.29 is 9.59 Å². The summed E-state index contributed by atoms with van der Waals surface area (Å²) in [7, 11) is 0. The van der Waals surface area contributed by atoms with Gasteiger partial charge < -0.3 is 9.80 Å². The number of nitrogens with zero attached hydrogens (tertiary/aromatic N) is 3. The molecule has 2 aromatic carbocycles. The number of hydrogen-bond donors (Lipinski definition) is 0. The summed E-state index contributed by atoms with van der Waals surface area (Å²) in [5.74, 6) is -0.209. The first-order chi connectivity index (χ1) is 14.4. The van der Waals surface area contributed by atoms with Gasteiger partial charge in [0.05, 0.1) is 5.69 Å². The van der Waals surface area contributed by atoms with Crippen LogP contribution in [-0.2, 0) is 16.1 Å². The molecule has 0 saturated carbocycles. The van der Waals surface area contributed by atoms with Gasteiger partial charge in [-0.15, -0.1) is 0 Å². The third kappa shape index (κ3) is 3.96. The minimum atomic E-state index is -1.12. The first-order valence-electron chi connectivity index (χ1n) is 10.3. The fourth-order valence-electron chi connectivity index (χ4n) is 4.10. The zero-order chi connectivity index (χ0) is 21.3. The Kier molecular flexibility index (Phi) is 6.09.